The summed E-state index contributed by atoms with van der Waals surface area (Å²) in [5, 5.41) is 12.5. The van der Waals surface area contributed by atoms with E-state index in [4.69, 9.17) is 10.00 Å². The Labute approximate surface area is 120 Å². The Morgan fingerprint density at radius 3 is 2.80 bits per heavy atom. The maximum atomic E-state index is 9.09. The first-order valence-corrected chi connectivity index (χ1v) is 7.72. The second-order valence-corrected chi connectivity index (χ2v) is 6.06. The highest BCUT2D eigenvalue weighted by Crippen LogP contribution is 2.41. The molecule has 1 unspecified atom stereocenters. The topological polar surface area (TPSA) is 45.0 Å². The summed E-state index contributed by atoms with van der Waals surface area (Å²) in [4.78, 5) is 0. The average Bonchev–Trinajstić information content (AvgIpc) is 2.89. The third-order valence-corrected chi connectivity index (χ3v) is 4.67. The zero-order valence-corrected chi connectivity index (χ0v) is 11.9. The SMILES string of the molecule is N#Cc1ccccc1NCC1CCC2(CCCCC2)O1. The van der Waals surface area contributed by atoms with E-state index < -0.39 is 0 Å². The number of hydrogen-bond donors (Lipinski definition) is 1. The van der Waals surface area contributed by atoms with Gasteiger partial charge in [0.1, 0.15) is 6.07 Å². The molecule has 0 amide bonds. The van der Waals surface area contributed by atoms with Crippen molar-refractivity contribution in [1.29, 1.82) is 5.26 Å². The molecule has 1 saturated heterocycles. The van der Waals surface area contributed by atoms with E-state index in [1.165, 1.54) is 38.5 Å². The van der Waals surface area contributed by atoms with Crippen molar-refractivity contribution >= 4 is 5.69 Å². The fourth-order valence-electron chi connectivity index (χ4n) is 3.56. The standard InChI is InChI=1S/C17H22N2O/c18-12-14-6-2-3-7-16(14)19-13-15-8-11-17(20-15)9-4-1-5-10-17/h2-3,6-7,15,19H,1,4-5,8-11,13H2. The lowest BCUT2D eigenvalue weighted by atomic mass is 9.83. The van der Waals surface area contributed by atoms with Crippen LogP contribution in [0.1, 0.15) is 50.5 Å². The van der Waals surface area contributed by atoms with Crippen LogP contribution in [0.3, 0.4) is 0 Å². The van der Waals surface area contributed by atoms with Crippen LogP contribution < -0.4 is 5.32 Å². The minimum absolute atomic E-state index is 0.180. The lowest BCUT2D eigenvalue weighted by Crippen LogP contribution is -2.33. The first-order valence-electron chi connectivity index (χ1n) is 7.72. The summed E-state index contributed by atoms with van der Waals surface area (Å²) in [5.41, 5.74) is 1.81. The van der Waals surface area contributed by atoms with E-state index in [0.717, 1.165) is 18.7 Å². The molecule has 1 spiro atoms. The van der Waals surface area contributed by atoms with E-state index in [9.17, 15) is 0 Å². The van der Waals surface area contributed by atoms with Crippen LogP contribution in [0.2, 0.25) is 0 Å². The Hall–Kier alpha value is -1.53. The molecule has 0 aromatic heterocycles. The number of para-hydroxylation sites is 1. The van der Waals surface area contributed by atoms with Crippen molar-refractivity contribution in [2.24, 2.45) is 0 Å². The number of nitrogens with zero attached hydrogens (tertiary/aromatic N) is 1. The van der Waals surface area contributed by atoms with Gasteiger partial charge in [0.15, 0.2) is 0 Å². The second kappa shape index (κ2) is 5.85. The molecule has 1 aliphatic heterocycles. The molecule has 0 bridgehead atoms. The van der Waals surface area contributed by atoms with Crippen LogP contribution in [0.5, 0.6) is 0 Å². The molecule has 1 saturated carbocycles. The second-order valence-electron chi connectivity index (χ2n) is 6.06. The monoisotopic (exact) mass is 270 g/mol. The van der Waals surface area contributed by atoms with E-state index in [0.29, 0.717) is 11.7 Å². The Balaban J connectivity index is 1.56. The van der Waals surface area contributed by atoms with Crippen LogP contribution in [0, 0.1) is 11.3 Å². The summed E-state index contributed by atoms with van der Waals surface area (Å²) in [6, 6.07) is 9.89. The van der Waals surface area contributed by atoms with E-state index in [-0.39, 0.29) is 5.60 Å². The zero-order valence-electron chi connectivity index (χ0n) is 11.9. The number of nitrogens with one attached hydrogen (secondary N) is 1. The zero-order chi connectivity index (χ0) is 13.8. The molecule has 0 radical (unpaired) electrons. The third-order valence-electron chi connectivity index (χ3n) is 4.67. The van der Waals surface area contributed by atoms with Crippen LogP contribution in [0.4, 0.5) is 5.69 Å². The minimum Gasteiger partial charge on any atom is -0.381 e. The van der Waals surface area contributed by atoms with Gasteiger partial charge < -0.3 is 10.1 Å². The molecule has 2 aliphatic rings. The smallest absolute Gasteiger partial charge is 0.101 e. The first-order chi connectivity index (χ1) is 9.81. The highest BCUT2D eigenvalue weighted by atomic mass is 16.5. The highest BCUT2D eigenvalue weighted by Gasteiger charge is 2.40. The molecule has 1 aliphatic carbocycles. The Morgan fingerprint density at radius 2 is 2.00 bits per heavy atom. The van der Waals surface area contributed by atoms with Crippen molar-refractivity contribution in [1.82, 2.24) is 0 Å². The molecule has 2 fully saturated rings. The molecular formula is C17H22N2O. The van der Waals surface area contributed by atoms with Gasteiger partial charge in [-0.05, 0) is 37.8 Å². The number of hydrogen-bond acceptors (Lipinski definition) is 3. The van der Waals surface area contributed by atoms with Gasteiger partial charge in [-0.2, -0.15) is 5.26 Å². The van der Waals surface area contributed by atoms with Gasteiger partial charge in [0.2, 0.25) is 0 Å². The molecule has 3 nitrogen and oxygen atoms in total. The molecule has 3 rings (SSSR count). The summed E-state index contributed by atoms with van der Waals surface area (Å²) in [6.45, 7) is 0.806. The normalized spacial score (nSPS) is 24.4. The molecule has 106 valence electrons. The molecule has 20 heavy (non-hydrogen) atoms. The van der Waals surface area contributed by atoms with Crippen molar-refractivity contribution in [2.45, 2.75) is 56.7 Å². The Kier molecular flexibility index (Phi) is 3.93. The summed E-state index contributed by atoms with van der Waals surface area (Å²) in [5.74, 6) is 0. The van der Waals surface area contributed by atoms with Gasteiger partial charge in [-0.1, -0.05) is 31.4 Å². The van der Waals surface area contributed by atoms with Gasteiger partial charge in [0, 0.05) is 6.54 Å². The molecule has 1 aromatic rings. The maximum absolute atomic E-state index is 9.09. The molecule has 1 N–H and O–H groups in total. The van der Waals surface area contributed by atoms with Crippen LogP contribution in [0.25, 0.3) is 0 Å². The van der Waals surface area contributed by atoms with Crippen molar-refractivity contribution in [2.75, 3.05) is 11.9 Å². The predicted octanol–water partition coefficient (Wildman–Crippen LogP) is 3.85. The van der Waals surface area contributed by atoms with Gasteiger partial charge in [-0.25, -0.2) is 0 Å². The van der Waals surface area contributed by atoms with E-state index in [2.05, 4.69) is 11.4 Å². The van der Waals surface area contributed by atoms with Gasteiger partial charge >= 0.3 is 0 Å². The number of benzene rings is 1. The summed E-state index contributed by atoms with van der Waals surface area (Å²) < 4.78 is 6.34. The van der Waals surface area contributed by atoms with E-state index in [1.54, 1.807) is 0 Å². The highest BCUT2D eigenvalue weighted by molar-refractivity contribution is 5.57. The first kappa shape index (κ1) is 13.5. The maximum Gasteiger partial charge on any atom is 0.101 e. The number of nitriles is 1. The number of anilines is 1. The van der Waals surface area contributed by atoms with E-state index >= 15 is 0 Å². The number of rotatable bonds is 3. The van der Waals surface area contributed by atoms with Crippen LogP contribution >= 0.6 is 0 Å². The quantitative estimate of drug-likeness (QED) is 0.907. The van der Waals surface area contributed by atoms with Crippen molar-refractivity contribution in [3.63, 3.8) is 0 Å². The molecule has 1 heterocycles. The van der Waals surface area contributed by atoms with Crippen molar-refractivity contribution in [3.8, 4) is 6.07 Å². The van der Waals surface area contributed by atoms with Gasteiger partial charge in [-0.3, -0.25) is 0 Å². The van der Waals surface area contributed by atoms with Gasteiger partial charge in [0.25, 0.3) is 0 Å². The fraction of sp³-hybridized carbons (Fsp3) is 0.588. The Bertz CT molecular complexity index is 500. The molecule has 1 atom stereocenters. The van der Waals surface area contributed by atoms with Crippen LogP contribution in [0.15, 0.2) is 24.3 Å². The molecule has 3 heteroatoms. The van der Waals surface area contributed by atoms with Crippen LogP contribution in [-0.2, 0) is 4.74 Å². The van der Waals surface area contributed by atoms with Crippen molar-refractivity contribution in [3.05, 3.63) is 29.8 Å². The third kappa shape index (κ3) is 2.81. The number of ether oxygens (including phenoxy) is 1. The van der Waals surface area contributed by atoms with E-state index in [1.807, 2.05) is 24.3 Å². The lowest BCUT2D eigenvalue weighted by Gasteiger charge is -2.33. The average molecular weight is 270 g/mol. The summed E-state index contributed by atoms with van der Waals surface area (Å²) in [7, 11) is 0. The Morgan fingerprint density at radius 1 is 1.20 bits per heavy atom. The lowest BCUT2D eigenvalue weighted by molar-refractivity contribution is -0.0588. The summed E-state index contributed by atoms with van der Waals surface area (Å²) >= 11 is 0. The van der Waals surface area contributed by atoms with Crippen LogP contribution in [-0.4, -0.2) is 18.2 Å². The summed E-state index contributed by atoms with van der Waals surface area (Å²) in [6.07, 6.45) is 9.11. The largest absolute Gasteiger partial charge is 0.381 e. The minimum atomic E-state index is 0.180. The predicted molar refractivity (Wildman–Crippen MR) is 79.6 cm³/mol. The van der Waals surface area contributed by atoms with Crippen molar-refractivity contribution < 1.29 is 4.74 Å². The molecular weight excluding hydrogens is 248 g/mol. The molecule has 1 aromatic carbocycles. The van der Waals surface area contributed by atoms with Gasteiger partial charge in [-0.15, -0.1) is 0 Å². The fourth-order valence-corrected chi connectivity index (χ4v) is 3.56. The van der Waals surface area contributed by atoms with Gasteiger partial charge in [0.05, 0.1) is 23.0 Å².